The van der Waals surface area contributed by atoms with Crippen molar-refractivity contribution in [3.8, 4) is 0 Å². The second kappa shape index (κ2) is 5.01. The van der Waals surface area contributed by atoms with E-state index in [9.17, 15) is 13.2 Å². The predicted molar refractivity (Wildman–Crippen MR) is 77.3 cm³/mol. The molecule has 2 rings (SSSR count). The number of rotatable bonds is 3. The van der Waals surface area contributed by atoms with Gasteiger partial charge in [-0.3, -0.25) is 4.79 Å². The minimum atomic E-state index is -3.24. The number of nitrogen functional groups attached to an aromatic ring is 1. The number of sulfone groups is 1. The van der Waals surface area contributed by atoms with Crippen LogP contribution in [0.5, 0.6) is 0 Å². The van der Waals surface area contributed by atoms with Gasteiger partial charge in [-0.1, -0.05) is 0 Å². The van der Waals surface area contributed by atoms with Crippen molar-refractivity contribution in [1.82, 2.24) is 4.57 Å². The van der Waals surface area contributed by atoms with Gasteiger partial charge in [-0.05, 0) is 30.3 Å². The molecule has 2 aromatic rings. The summed E-state index contributed by atoms with van der Waals surface area (Å²) in [6.45, 7) is 0. The summed E-state index contributed by atoms with van der Waals surface area (Å²) < 4.78 is 24.3. The highest BCUT2D eigenvalue weighted by Gasteiger charge is 2.12. The Labute approximate surface area is 117 Å². The van der Waals surface area contributed by atoms with E-state index in [1.165, 1.54) is 12.1 Å². The molecule has 0 fully saturated rings. The van der Waals surface area contributed by atoms with Gasteiger partial charge in [0.1, 0.15) is 5.69 Å². The number of carbonyl (C=O) groups excluding carboxylic acids is 1. The van der Waals surface area contributed by atoms with Gasteiger partial charge in [-0.2, -0.15) is 0 Å². The van der Waals surface area contributed by atoms with E-state index in [2.05, 4.69) is 5.32 Å². The lowest BCUT2D eigenvalue weighted by Crippen LogP contribution is -2.15. The number of amides is 1. The zero-order chi connectivity index (χ0) is 14.9. The van der Waals surface area contributed by atoms with Gasteiger partial charge in [0.25, 0.3) is 5.91 Å². The third kappa shape index (κ3) is 3.00. The average Bonchev–Trinajstić information content (AvgIpc) is 2.68. The topological polar surface area (TPSA) is 94.2 Å². The molecule has 6 nitrogen and oxygen atoms in total. The molecule has 1 heterocycles. The molecule has 20 heavy (non-hydrogen) atoms. The Kier molecular flexibility index (Phi) is 3.54. The van der Waals surface area contributed by atoms with Gasteiger partial charge in [0.2, 0.25) is 0 Å². The molecule has 0 radical (unpaired) electrons. The summed E-state index contributed by atoms with van der Waals surface area (Å²) in [5, 5.41) is 2.68. The first-order chi connectivity index (χ1) is 9.27. The van der Waals surface area contributed by atoms with Crippen LogP contribution in [0.1, 0.15) is 10.5 Å². The Hall–Kier alpha value is -2.28. The smallest absolute Gasteiger partial charge is 0.272 e. The van der Waals surface area contributed by atoms with Crippen LogP contribution in [0.4, 0.5) is 11.4 Å². The molecular weight excluding hydrogens is 278 g/mol. The molecule has 0 bridgehead atoms. The van der Waals surface area contributed by atoms with Crippen molar-refractivity contribution in [2.75, 3.05) is 17.3 Å². The number of anilines is 2. The van der Waals surface area contributed by atoms with Crippen LogP contribution in [0.2, 0.25) is 0 Å². The first-order valence-electron chi connectivity index (χ1n) is 5.80. The molecule has 0 atom stereocenters. The fourth-order valence-corrected chi connectivity index (χ4v) is 2.43. The van der Waals surface area contributed by atoms with Gasteiger partial charge in [0, 0.05) is 25.2 Å². The van der Waals surface area contributed by atoms with E-state index in [0.717, 1.165) is 6.26 Å². The van der Waals surface area contributed by atoms with Gasteiger partial charge in [0.05, 0.1) is 10.6 Å². The number of aromatic nitrogens is 1. The SMILES string of the molecule is Cn1cc(N)cc1C(=O)Nc1ccc(S(C)(=O)=O)cc1. The lowest BCUT2D eigenvalue weighted by molar-refractivity contribution is 0.101. The average molecular weight is 293 g/mol. The van der Waals surface area contributed by atoms with Crippen molar-refractivity contribution in [2.45, 2.75) is 4.90 Å². The molecule has 0 aliphatic heterocycles. The summed E-state index contributed by atoms with van der Waals surface area (Å²) in [6.07, 6.45) is 2.77. The van der Waals surface area contributed by atoms with Crippen LogP contribution < -0.4 is 11.1 Å². The van der Waals surface area contributed by atoms with E-state index in [1.54, 1.807) is 36.0 Å². The van der Waals surface area contributed by atoms with Gasteiger partial charge in [0.15, 0.2) is 9.84 Å². The summed E-state index contributed by atoms with van der Waals surface area (Å²) in [5.74, 6) is -0.309. The molecule has 0 spiro atoms. The van der Waals surface area contributed by atoms with Gasteiger partial charge in [-0.25, -0.2) is 8.42 Å². The molecule has 1 amide bonds. The largest absolute Gasteiger partial charge is 0.397 e. The van der Waals surface area contributed by atoms with E-state index in [-0.39, 0.29) is 10.8 Å². The van der Waals surface area contributed by atoms with Crippen LogP contribution >= 0.6 is 0 Å². The molecule has 1 aromatic carbocycles. The second-order valence-corrected chi connectivity index (χ2v) is 6.54. The third-order valence-corrected chi connectivity index (χ3v) is 3.93. The number of nitrogens with zero attached hydrogens (tertiary/aromatic N) is 1. The first kappa shape index (κ1) is 14.1. The van der Waals surface area contributed by atoms with E-state index in [0.29, 0.717) is 17.1 Å². The normalized spacial score (nSPS) is 11.3. The summed E-state index contributed by atoms with van der Waals surface area (Å²) in [5.41, 5.74) is 7.06. The fraction of sp³-hybridized carbons (Fsp3) is 0.154. The van der Waals surface area contributed by atoms with Gasteiger partial charge < -0.3 is 15.6 Å². The van der Waals surface area contributed by atoms with Crippen LogP contribution in [0, 0.1) is 0 Å². The van der Waals surface area contributed by atoms with Gasteiger partial charge >= 0.3 is 0 Å². The van der Waals surface area contributed by atoms with Gasteiger partial charge in [-0.15, -0.1) is 0 Å². The maximum atomic E-state index is 12.0. The number of nitrogens with two attached hydrogens (primary N) is 1. The maximum absolute atomic E-state index is 12.0. The van der Waals surface area contributed by atoms with E-state index in [1.807, 2.05) is 0 Å². The molecule has 0 aliphatic rings. The monoisotopic (exact) mass is 293 g/mol. The number of benzene rings is 1. The minimum absolute atomic E-state index is 0.207. The third-order valence-electron chi connectivity index (χ3n) is 2.80. The summed E-state index contributed by atoms with van der Waals surface area (Å²) in [6, 6.07) is 7.55. The highest BCUT2D eigenvalue weighted by atomic mass is 32.2. The highest BCUT2D eigenvalue weighted by Crippen LogP contribution is 2.16. The quantitative estimate of drug-likeness (QED) is 0.890. The van der Waals surface area contributed by atoms with Crippen LogP contribution in [-0.4, -0.2) is 25.1 Å². The van der Waals surface area contributed by atoms with Crippen LogP contribution in [0.3, 0.4) is 0 Å². The molecule has 0 saturated heterocycles. The molecule has 3 N–H and O–H groups in total. The Bertz CT molecular complexity index is 746. The second-order valence-electron chi connectivity index (χ2n) is 4.52. The number of carbonyl (C=O) groups is 1. The zero-order valence-corrected chi connectivity index (χ0v) is 11.9. The molecule has 0 unspecified atom stereocenters. The fourth-order valence-electron chi connectivity index (χ4n) is 1.80. The Morgan fingerprint density at radius 1 is 1.25 bits per heavy atom. The zero-order valence-electron chi connectivity index (χ0n) is 11.1. The molecule has 106 valence electrons. The Morgan fingerprint density at radius 2 is 1.85 bits per heavy atom. The lowest BCUT2D eigenvalue weighted by atomic mass is 10.3. The summed E-state index contributed by atoms with van der Waals surface area (Å²) >= 11 is 0. The van der Waals surface area contributed by atoms with Crippen LogP contribution in [0.15, 0.2) is 41.4 Å². The number of nitrogens with one attached hydrogen (secondary N) is 1. The first-order valence-corrected chi connectivity index (χ1v) is 7.70. The molecule has 7 heteroatoms. The van der Waals surface area contributed by atoms with Crippen molar-refractivity contribution in [3.05, 3.63) is 42.2 Å². The minimum Gasteiger partial charge on any atom is -0.397 e. The number of hydrogen-bond acceptors (Lipinski definition) is 4. The molecule has 1 aromatic heterocycles. The van der Waals surface area contributed by atoms with Crippen LogP contribution in [0.25, 0.3) is 0 Å². The number of hydrogen-bond donors (Lipinski definition) is 2. The van der Waals surface area contributed by atoms with Crippen molar-refractivity contribution in [2.24, 2.45) is 7.05 Å². The standard InChI is InChI=1S/C13H15N3O3S/c1-16-8-9(14)7-12(16)13(17)15-10-3-5-11(6-4-10)20(2,18)19/h3-8H,14H2,1-2H3,(H,15,17). The maximum Gasteiger partial charge on any atom is 0.272 e. The molecule has 0 saturated carbocycles. The predicted octanol–water partition coefficient (Wildman–Crippen LogP) is 1.26. The van der Waals surface area contributed by atoms with Crippen molar-refractivity contribution in [1.29, 1.82) is 0 Å². The number of aryl methyl sites for hydroxylation is 1. The van der Waals surface area contributed by atoms with Crippen molar-refractivity contribution >= 4 is 27.1 Å². The van der Waals surface area contributed by atoms with Crippen molar-refractivity contribution in [3.63, 3.8) is 0 Å². The summed E-state index contributed by atoms with van der Waals surface area (Å²) in [7, 11) is -1.52. The van der Waals surface area contributed by atoms with E-state index < -0.39 is 9.84 Å². The molecule has 0 aliphatic carbocycles. The Balaban J connectivity index is 2.18. The molecular formula is C13H15N3O3S. The highest BCUT2D eigenvalue weighted by molar-refractivity contribution is 7.90. The van der Waals surface area contributed by atoms with Crippen LogP contribution in [-0.2, 0) is 16.9 Å². The van der Waals surface area contributed by atoms with E-state index >= 15 is 0 Å². The van der Waals surface area contributed by atoms with E-state index in [4.69, 9.17) is 5.73 Å². The lowest BCUT2D eigenvalue weighted by Gasteiger charge is -2.06. The summed E-state index contributed by atoms with van der Waals surface area (Å²) in [4.78, 5) is 12.2. The van der Waals surface area contributed by atoms with Crippen molar-refractivity contribution < 1.29 is 13.2 Å². The Morgan fingerprint density at radius 3 is 2.30 bits per heavy atom.